The molecule has 0 unspecified atom stereocenters. The van der Waals surface area contributed by atoms with Crippen molar-refractivity contribution in [2.45, 2.75) is 38.3 Å². The van der Waals surface area contributed by atoms with Gasteiger partial charge in [0.25, 0.3) is 0 Å². The van der Waals surface area contributed by atoms with Crippen LogP contribution in [-0.2, 0) is 6.54 Å². The monoisotopic (exact) mass is 222 g/mol. The van der Waals surface area contributed by atoms with Crippen LogP contribution in [-0.4, -0.2) is 24.0 Å². The molecule has 0 spiro atoms. The summed E-state index contributed by atoms with van der Waals surface area (Å²) < 4.78 is 5.20. The first-order valence-corrected chi connectivity index (χ1v) is 5.80. The summed E-state index contributed by atoms with van der Waals surface area (Å²) in [5, 5.41) is 3.04. The highest BCUT2D eigenvalue weighted by atomic mass is 16.3. The van der Waals surface area contributed by atoms with Gasteiger partial charge in [-0.25, -0.2) is 4.79 Å². The van der Waals surface area contributed by atoms with E-state index in [0.29, 0.717) is 12.6 Å². The molecule has 0 aromatic carbocycles. The molecule has 1 aliphatic carbocycles. The van der Waals surface area contributed by atoms with Crippen molar-refractivity contribution >= 4 is 6.03 Å². The van der Waals surface area contributed by atoms with Gasteiger partial charge in [0, 0.05) is 13.1 Å². The third-order valence-corrected chi connectivity index (χ3v) is 3.00. The van der Waals surface area contributed by atoms with Crippen LogP contribution >= 0.6 is 0 Å². The van der Waals surface area contributed by atoms with Gasteiger partial charge in [-0.05, 0) is 25.0 Å². The van der Waals surface area contributed by atoms with Crippen LogP contribution in [0.2, 0.25) is 0 Å². The second kappa shape index (κ2) is 5.05. The van der Waals surface area contributed by atoms with Crippen LogP contribution in [0, 0.1) is 0 Å². The van der Waals surface area contributed by atoms with Gasteiger partial charge in [-0.15, -0.1) is 0 Å². The van der Waals surface area contributed by atoms with Gasteiger partial charge >= 0.3 is 6.03 Å². The van der Waals surface area contributed by atoms with E-state index in [1.807, 2.05) is 12.1 Å². The quantitative estimate of drug-likeness (QED) is 0.853. The van der Waals surface area contributed by atoms with Crippen LogP contribution in [0.1, 0.15) is 31.4 Å². The first kappa shape index (κ1) is 11.0. The highest BCUT2D eigenvalue weighted by molar-refractivity contribution is 5.74. The van der Waals surface area contributed by atoms with Gasteiger partial charge in [0.2, 0.25) is 0 Å². The Kier molecular flexibility index (Phi) is 3.49. The van der Waals surface area contributed by atoms with Crippen molar-refractivity contribution < 1.29 is 9.21 Å². The van der Waals surface area contributed by atoms with Gasteiger partial charge in [-0.2, -0.15) is 0 Å². The highest BCUT2D eigenvalue weighted by Crippen LogP contribution is 2.17. The molecule has 0 bridgehead atoms. The summed E-state index contributed by atoms with van der Waals surface area (Å²) in [5.74, 6) is 0.809. The molecule has 0 radical (unpaired) electrons. The van der Waals surface area contributed by atoms with Crippen LogP contribution in [0.15, 0.2) is 22.8 Å². The lowest BCUT2D eigenvalue weighted by Crippen LogP contribution is -2.41. The smallest absolute Gasteiger partial charge is 0.317 e. The van der Waals surface area contributed by atoms with E-state index >= 15 is 0 Å². The number of nitrogens with one attached hydrogen (secondary N) is 1. The number of hydrogen-bond acceptors (Lipinski definition) is 2. The zero-order valence-electron chi connectivity index (χ0n) is 9.61. The van der Waals surface area contributed by atoms with Crippen LogP contribution in [0.4, 0.5) is 4.79 Å². The third kappa shape index (κ3) is 2.78. The number of furan rings is 1. The Labute approximate surface area is 95.6 Å². The van der Waals surface area contributed by atoms with Crippen molar-refractivity contribution in [3.05, 3.63) is 24.2 Å². The highest BCUT2D eigenvalue weighted by Gasteiger charge is 2.19. The van der Waals surface area contributed by atoms with Gasteiger partial charge in [0.15, 0.2) is 0 Å². The predicted molar refractivity (Wildman–Crippen MR) is 61.0 cm³/mol. The van der Waals surface area contributed by atoms with Crippen LogP contribution in [0.3, 0.4) is 0 Å². The molecule has 16 heavy (non-hydrogen) atoms. The van der Waals surface area contributed by atoms with Crippen LogP contribution in [0.25, 0.3) is 0 Å². The minimum absolute atomic E-state index is 0.0108. The lowest BCUT2D eigenvalue weighted by Gasteiger charge is -2.19. The number of nitrogens with zero attached hydrogens (tertiary/aromatic N) is 1. The van der Waals surface area contributed by atoms with Crippen molar-refractivity contribution in [1.82, 2.24) is 10.2 Å². The fourth-order valence-electron chi connectivity index (χ4n) is 2.06. The second-order valence-electron chi connectivity index (χ2n) is 4.37. The molecule has 1 fully saturated rings. The molecule has 1 aliphatic rings. The van der Waals surface area contributed by atoms with Crippen LogP contribution in [0.5, 0.6) is 0 Å². The molecule has 1 N–H and O–H groups in total. The molecule has 1 saturated carbocycles. The summed E-state index contributed by atoms with van der Waals surface area (Å²) in [6.45, 7) is 0.519. The number of rotatable bonds is 3. The number of amides is 2. The van der Waals surface area contributed by atoms with Crippen molar-refractivity contribution in [2.24, 2.45) is 0 Å². The standard InChI is InChI=1S/C12H18N2O2/c1-14(9-11-7-4-8-16-11)12(15)13-10-5-2-3-6-10/h4,7-8,10H,2-3,5-6,9H2,1H3,(H,13,15). The summed E-state index contributed by atoms with van der Waals surface area (Å²) in [6, 6.07) is 4.06. The second-order valence-corrected chi connectivity index (χ2v) is 4.37. The lowest BCUT2D eigenvalue weighted by molar-refractivity contribution is 0.199. The molecule has 2 rings (SSSR count). The molecule has 4 nitrogen and oxygen atoms in total. The van der Waals surface area contributed by atoms with E-state index in [-0.39, 0.29) is 6.03 Å². The van der Waals surface area contributed by atoms with E-state index in [1.54, 1.807) is 18.2 Å². The van der Waals surface area contributed by atoms with E-state index in [2.05, 4.69) is 5.32 Å². The van der Waals surface area contributed by atoms with Crippen molar-refractivity contribution in [1.29, 1.82) is 0 Å². The van der Waals surface area contributed by atoms with E-state index in [1.165, 1.54) is 12.8 Å². The molecule has 1 aromatic heterocycles. The predicted octanol–water partition coefficient (Wildman–Crippen LogP) is 2.36. The molecule has 0 atom stereocenters. The molecule has 0 saturated heterocycles. The van der Waals surface area contributed by atoms with Crippen molar-refractivity contribution in [3.8, 4) is 0 Å². The molecule has 88 valence electrons. The fourth-order valence-corrected chi connectivity index (χ4v) is 2.06. The minimum atomic E-state index is -0.0108. The van der Waals surface area contributed by atoms with Crippen molar-refractivity contribution in [2.75, 3.05) is 7.05 Å². The number of urea groups is 1. The molecular weight excluding hydrogens is 204 g/mol. The Bertz CT molecular complexity index is 329. The molecule has 2 amide bonds. The maximum absolute atomic E-state index is 11.8. The molecule has 1 heterocycles. The molecule has 4 heteroatoms. The Morgan fingerprint density at radius 3 is 2.94 bits per heavy atom. The average Bonchev–Trinajstić information content (AvgIpc) is 2.90. The number of hydrogen-bond donors (Lipinski definition) is 1. The normalized spacial score (nSPS) is 16.3. The van der Waals surface area contributed by atoms with E-state index in [9.17, 15) is 4.79 Å². The first-order valence-electron chi connectivity index (χ1n) is 5.80. The Morgan fingerprint density at radius 1 is 1.56 bits per heavy atom. The summed E-state index contributed by atoms with van der Waals surface area (Å²) >= 11 is 0. The zero-order chi connectivity index (χ0) is 11.4. The van der Waals surface area contributed by atoms with Gasteiger partial charge in [-0.3, -0.25) is 0 Å². The van der Waals surface area contributed by atoms with Gasteiger partial charge < -0.3 is 14.6 Å². The van der Waals surface area contributed by atoms with Gasteiger partial charge in [0.1, 0.15) is 5.76 Å². The SMILES string of the molecule is CN(Cc1ccco1)C(=O)NC1CCCC1. The summed E-state index contributed by atoms with van der Waals surface area (Å²) in [7, 11) is 1.78. The topological polar surface area (TPSA) is 45.5 Å². The summed E-state index contributed by atoms with van der Waals surface area (Å²) in [4.78, 5) is 13.4. The Morgan fingerprint density at radius 2 is 2.31 bits per heavy atom. The fraction of sp³-hybridized carbons (Fsp3) is 0.583. The third-order valence-electron chi connectivity index (χ3n) is 3.00. The molecular formula is C12H18N2O2. The molecule has 1 aromatic rings. The zero-order valence-corrected chi connectivity index (χ0v) is 9.61. The lowest BCUT2D eigenvalue weighted by atomic mass is 10.2. The maximum atomic E-state index is 11.8. The Hall–Kier alpha value is -1.45. The van der Waals surface area contributed by atoms with Gasteiger partial charge in [-0.1, -0.05) is 12.8 Å². The first-order chi connectivity index (χ1) is 7.75. The van der Waals surface area contributed by atoms with Crippen LogP contribution < -0.4 is 5.32 Å². The summed E-state index contributed by atoms with van der Waals surface area (Å²) in [6.07, 6.45) is 6.30. The van der Waals surface area contributed by atoms with Gasteiger partial charge in [0.05, 0.1) is 12.8 Å². The van der Waals surface area contributed by atoms with E-state index in [0.717, 1.165) is 18.6 Å². The van der Waals surface area contributed by atoms with E-state index in [4.69, 9.17) is 4.42 Å². The largest absolute Gasteiger partial charge is 0.467 e. The summed E-state index contributed by atoms with van der Waals surface area (Å²) in [5.41, 5.74) is 0. The number of carbonyl (C=O) groups excluding carboxylic acids is 1. The number of carbonyl (C=O) groups is 1. The van der Waals surface area contributed by atoms with Crippen molar-refractivity contribution in [3.63, 3.8) is 0 Å². The molecule has 0 aliphatic heterocycles. The van der Waals surface area contributed by atoms with E-state index < -0.39 is 0 Å². The maximum Gasteiger partial charge on any atom is 0.317 e. The average molecular weight is 222 g/mol. The minimum Gasteiger partial charge on any atom is -0.467 e. The Balaban J connectivity index is 1.79.